The van der Waals surface area contributed by atoms with E-state index in [9.17, 15) is 35.9 Å². The number of hydrogen-bond donors (Lipinski definition) is 0. The summed E-state index contributed by atoms with van der Waals surface area (Å²) in [6.45, 7) is 1.49. The maximum Gasteiger partial charge on any atom is 0.573 e. The van der Waals surface area contributed by atoms with E-state index in [-0.39, 0.29) is 11.4 Å². The van der Waals surface area contributed by atoms with Crippen LogP contribution in [0.2, 0.25) is 5.02 Å². The molecule has 0 aliphatic carbocycles. The number of nitrogens with zero attached hydrogens (tertiary/aromatic N) is 3. The van der Waals surface area contributed by atoms with Crippen molar-refractivity contribution in [1.29, 1.82) is 0 Å². The first-order valence-electron chi connectivity index (χ1n) is 11.2. The van der Waals surface area contributed by atoms with Crippen molar-refractivity contribution in [3.8, 4) is 5.75 Å². The second-order valence-corrected chi connectivity index (χ2v) is 9.11. The molecule has 0 spiro atoms. The van der Waals surface area contributed by atoms with Gasteiger partial charge in [-0.05, 0) is 54.4 Å². The van der Waals surface area contributed by atoms with Gasteiger partial charge >= 0.3 is 24.5 Å². The highest BCUT2D eigenvalue weighted by Crippen LogP contribution is 2.37. The summed E-state index contributed by atoms with van der Waals surface area (Å²) >= 11 is 5.99. The molecule has 0 bridgehead atoms. The zero-order chi connectivity index (χ0) is 28.6. The second kappa shape index (κ2) is 10.3. The van der Waals surface area contributed by atoms with Crippen LogP contribution in [0, 0.1) is 0 Å². The van der Waals surface area contributed by atoms with Crippen molar-refractivity contribution >= 4 is 34.9 Å². The lowest BCUT2D eigenvalue weighted by atomic mass is 9.76. The van der Waals surface area contributed by atoms with Gasteiger partial charge in [-0.1, -0.05) is 54.1 Å². The van der Waals surface area contributed by atoms with Crippen molar-refractivity contribution in [1.82, 2.24) is 5.01 Å². The van der Waals surface area contributed by atoms with Gasteiger partial charge in [0.1, 0.15) is 5.75 Å². The number of anilines is 1. The van der Waals surface area contributed by atoms with Crippen LogP contribution >= 0.6 is 11.6 Å². The van der Waals surface area contributed by atoms with Gasteiger partial charge in [0.05, 0.1) is 23.4 Å². The van der Waals surface area contributed by atoms with Crippen LogP contribution < -0.4 is 9.64 Å². The number of amides is 3. The Bertz CT molecular complexity index is 1390. The van der Waals surface area contributed by atoms with Crippen molar-refractivity contribution in [3.63, 3.8) is 0 Å². The molecule has 3 aromatic carbocycles. The molecule has 1 aliphatic rings. The van der Waals surface area contributed by atoms with Gasteiger partial charge in [-0.25, -0.2) is 14.7 Å². The predicted octanol–water partition coefficient (Wildman–Crippen LogP) is 6.93. The molecule has 0 fully saturated rings. The van der Waals surface area contributed by atoms with E-state index in [4.69, 9.17) is 11.6 Å². The predicted molar refractivity (Wildman–Crippen MR) is 131 cm³/mol. The number of alkyl halides is 6. The van der Waals surface area contributed by atoms with Crippen LogP contribution in [-0.4, -0.2) is 41.7 Å². The van der Waals surface area contributed by atoms with E-state index in [0.29, 0.717) is 34.0 Å². The molecule has 3 amide bonds. The van der Waals surface area contributed by atoms with Crippen LogP contribution in [0.1, 0.15) is 18.1 Å². The fourth-order valence-electron chi connectivity index (χ4n) is 4.12. The Balaban J connectivity index is 1.77. The number of urea groups is 1. The average Bonchev–Trinajstić information content (AvgIpc) is 3.23. The Morgan fingerprint density at radius 3 is 2.05 bits per heavy atom. The second-order valence-electron chi connectivity index (χ2n) is 8.67. The zero-order valence-corrected chi connectivity index (χ0v) is 20.7. The lowest BCUT2D eigenvalue weighted by molar-refractivity contribution is -0.274. The summed E-state index contributed by atoms with van der Waals surface area (Å²) in [4.78, 5) is 25.7. The maximum absolute atomic E-state index is 13.5. The molecule has 0 radical (unpaired) electrons. The van der Waals surface area contributed by atoms with Crippen molar-refractivity contribution in [2.24, 2.45) is 5.10 Å². The van der Waals surface area contributed by atoms with Gasteiger partial charge in [0.2, 0.25) is 0 Å². The Hall–Kier alpha value is -4.06. The monoisotopic (exact) mass is 569 g/mol. The van der Waals surface area contributed by atoms with E-state index in [0.717, 1.165) is 17.1 Å². The Morgan fingerprint density at radius 1 is 0.923 bits per heavy atom. The van der Waals surface area contributed by atoms with Gasteiger partial charge < -0.3 is 4.74 Å². The number of hydrogen-bond acceptors (Lipinski definition) is 4. The number of hydrazone groups is 1. The van der Waals surface area contributed by atoms with E-state index < -0.39 is 41.3 Å². The number of imide groups is 1. The van der Waals surface area contributed by atoms with Crippen LogP contribution in [0.25, 0.3) is 0 Å². The van der Waals surface area contributed by atoms with Crippen LogP contribution in [0.3, 0.4) is 0 Å². The first-order valence-corrected chi connectivity index (χ1v) is 11.6. The Kier molecular flexibility index (Phi) is 7.35. The molecule has 1 aliphatic heterocycles. The molecular formula is C26H18ClF6N3O3. The molecule has 39 heavy (non-hydrogen) atoms. The Morgan fingerprint density at radius 2 is 1.51 bits per heavy atom. The fourth-order valence-corrected chi connectivity index (χ4v) is 4.25. The smallest absolute Gasteiger partial charge is 0.406 e. The first kappa shape index (κ1) is 28.0. The summed E-state index contributed by atoms with van der Waals surface area (Å²) in [6, 6.07) is 16.6. The van der Waals surface area contributed by atoms with Crippen LogP contribution in [0.5, 0.6) is 5.75 Å². The molecule has 1 heterocycles. The molecule has 1 atom stereocenters. The number of halogens is 7. The lowest BCUT2D eigenvalue weighted by Crippen LogP contribution is -2.50. The van der Waals surface area contributed by atoms with E-state index in [1.54, 1.807) is 61.5 Å². The molecule has 0 saturated heterocycles. The maximum atomic E-state index is 13.5. The fraction of sp³-hybridized carbons (Fsp3) is 0.192. The van der Waals surface area contributed by atoms with Gasteiger partial charge in [0.15, 0.2) is 0 Å². The standard InChI is InChI=1S/C26H18ClF6N3O3/c1-24(17-5-3-2-4-6-17)15-35(34-21(24)16-7-9-18(27)10-8-16)23(38)36(22(37)25(28,29)30)19-11-13-20(14-12-19)39-26(31,32)33/h2-14H,15H2,1H3. The van der Waals surface area contributed by atoms with E-state index in [1.807, 2.05) is 0 Å². The lowest BCUT2D eigenvalue weighted by Gasteiger charge is -2.29. The summed E-state index contributed by atoms with van der Waals surface area (Å²) in [5.41, 5.74) is -0.0949. The number of rotatable bonds is 4. The van der Waals surface area contributed by atoms with Gasteiger partial charge in [-0.2, -0.15) is 18.3 Å². The number of ether oxygens (including phenoxy) is 1. The summed E-state index contributed by atoms with van der Waals surface area (Å²) in [5.74, 6) is -3.30. The third kappa shape index (κ3) is 6.00. The molecule has 204 valence electrons. The molecule has 4 rings (SSSR count). The molecule has 0 saturated carbocycles. The number of benzene rings is 3. The van der Waals surface area contributed by atoms with Crippen molar-refractivity contribution in [3.05, 3.63) is 95.0 Å². The van der Waals surface area contributed by atoms with Gasteiger partial charge in [-0.15, -0.1) is 13.2 Å². The highest BCUT2D eigenvalue weighted by molar-refractivity contribution is 6.30. The highest BCUT2D eigenvalue weighted by Gasteiger charge is 2.50. The third-order valence-corrected chi connectivity index (χ3v) is 6.18. The molecule has 1 unspecified atom stereocenters. The van der Waals surface area contributed by atoms with Gasteiger partial charge in [0.25, 0.3) is 0 Å². The molecule has 6 nitrogen and oxygen atoms in total. The van der Waals surface area contributed by atoms with Gasteiger partial charge in [-0.3, -0.25) is 4.79 Å². The average molecular weight is 570 g/mol. The van der Waals surface area contributed by atoms with Crippen molar-refractivity contribution in [2.75, 3.05) is 11.4 Å². The summed E-state index contributed by atoms with van der Waals surface area (Å²) < 4.78 is 81.9. The zero-order valence-electron chi connectivity index (χ0n) is 19.9. The molecular weight excluding hydrogens is 552 g/mol. The van der Waals surface area contributed by atoms with E-state index >= 15 is 0 Å². The van der Waals surface area contributed by atoms with E-state index in [2.05, 4.69) is 9.84 Å². The highest BCUT2D eigenvalue weighted by atomic mass is 35.5. The number of carbonyl (C=O) groups excluding carboxylic acids is 2. The normalized spacial score (nSPS) is 17.5. The SMILES string of the molecule is CC1(c2ccccc2)CN(C(=O)N(C(=O)C(F)(F)F)c2ccc(OC(F)(F)F)cc2)N=C1c1ccc(Cl)cc1. The summed E-state index contributed by atoms with van der Waals surface area (Å²) in [5, 5.41) is 5.46. The minimum Gasteiger partial charge on any atom is -0.406 e. The van der Waals surface area contributed by atoms with Crippen LogP contribution in [0.4, 0.5) is 36.8 Å². The minimum absolute atomic E-state index is 0.183. The van der Waals surface area contributed by atoms with Crippen LogP contribution in [-0.2, 0) is 10.2 Å². The largest absolute Gasteiger partial charge is 0.573 e. The van der Waals surface area contributed by atoms with Gasteiger partial charge in [0, 0.05) is 5.02 Å². The van der Waals surface area contributed by atoms with Crippen LogP contribution in [0.15, 0.2) is 84.0 Å². The number of carbonyl (C=O) groups is 2. The third-order valence-electron chi connectivity index (χ3n) is 5.92. The topological polar surface area (TPSA) is 62.2 Å². The van der Waals surface area contributed by atoms with E-state index in [1.165, 1.54) is 0 Å². The molecule has 3 aromatic rings. The first-order chi connectivity index (χ1) is 18.2. The Labute approximate surface area is 223 Å². The minimum atomic E-state index is -5.48. The summed E-state index contributed by atoms with van der Waals surface area (Å²) in [6.07, 6.45) is -10.5. The van der Waals surface area contributed by atoms with Crippen molar-refractivity contribution in [2.45, 2.75) is 24.9 Å². The van der Waals surface area contributed by atoms with Crippen molar-refractivity contribution < 1.29 is 40.7 Å². The quantitative estimate of drug-likeness (QED) is 0.320. The molecule has 0 aromatic heterocycles. The molecule has 13 heteroatoms. The summed E-state index contributed by atoms with van der Waals surface area (Å²) in [7, 11) is 0. The molecule has 0 N–H and O–H groups in total.